The molecule has 1 amide bonds. The summed E-state index contributed by atoms with van der Waals surface area (Å²) in [7, 11) is 0. The Morgan fingerprint density at radius 2 is 1.88 bits per heavy atom. The molecule has 4 rings (SSSR count). The van der Waals surface area contributed by atoms with Crippen molar-refractivity contribution in [3.8, 4) is 0 Å². The molecule has 0 bridgehead atoms. The maximum atomic E-state index is 12.5. The van der Waals surface area contributed by atoms with Crippen molar-refractivity contribution in [2.45, 2.75) is 70.7 Å². The average Bonchev–Trinajstić information content (AvgIpc) is 3.22. The molecule has 0 saturated carbocycles. The zero-order valence-electron chi connectivity index (χ0n) is 20.5. The first-order valence-electron chi connectivity index (χ1n) is 12.2. The Bertz CT molecular complexity index is 966. The minimum absolute atomic E-state index is 0.102. The number of aldehydes is 1. The Balaban J connectivity index is 1.32. The molecule has 2 aliphatic rings. The minimum atomic E-state index is -0.249. The van der Waals surface area contributed by atoms with Gasteiger partial charge >= 0.3 is 6.09 Å². The van der Waals surface area contributed by atoms with Gasteiger partial charge in [0.25, 0.3) is 0 Å². The predicted molar refractivity (Wildman–Crippen MR) is 130 cm³/mol. The molecule has 3 heterocycles. The van der Waals surface area contributed by atoms with E-state index >= 15 is 0 Å². The second-order valence-corrected chi connectivity index (χ2v) is 9.93. The van der Waals surface area contributed by atoms with Crippen LogP contribution in [-0.2, 0) is 20.9 Å². The number of piperidine rings is 2. The van der Waals surface area contributed by atoms with Gasteiger partial charge in [0.1, 0.15) is 19.5 Å². The minimum Gasteiger partial charge on any atom is -0.445 e. The molecule has 184 valence electrons. The molecule has 34 heavy (non-hydrogen) atoms. The van der Waals surface area contributed by atoms with E-state index < -0.39 is 0 Å². The van der Waals surface area contributed by atoms with Crippen molar-refractivity contribution >= 4 is 18.2 Å². The fourth-order valence-electron chi connectivity index (χ4n) is 5.16. The predicted octanol–water partition coefficient (Wildman–Crippen LogP) is 4.13. The van der Waals surface area contributed by atoms with Crippen LogP contribution in [0.25, 0.3) is 0 Å². The molecule has 0 radical (unpaired) electrons. The Morgan fingerprint density at radius 3 is 2.56 bits per heavy atom. The van der Waals surface area contributed by atoms with Crippen LogP contribution < -0.4 is 4.90 Å². The maximum Gasteiger partial charge on any atom is 0.410 e. The molecule has 0 N–H and O–H groups in total. The third-order valence-corrected chi connectivity index (χ3v) is 6.99. The summed E-state index contributed by atoms with van der Waals surface area (Å²) in [6, 6.07) is 12.2. The molecule has 2 saturated heterocycles. The Labute approximate surface area is 201 Å². The number of amides is 1. The number of hydrogen-bond acceptors (Lipinski definition) is 6. The van der Waals surface area contributed by atoms with Crippen molar-refractivity contribution < 1.29 is 19.1 Å². The summed E-state index contributed by atoms with van der Waals surface area (Å²) in [5.41, 5.74) is 2.02. The summed E-state index contributed by atoms with van der Waals surface area (Å²) in [6.45, 7) is 9.15. The van der Waals surface area contributed by atoms with E-state index in [0.717, 1.165) is 55.6 Å². The SMILES string of the molecule is Cc1cc(N2CC[C@@H](OCC=O)CC2(C)C)nn1C1CCN(C(=O)OCc2ccccc2)CC1. The summed E-state index contributed by atoms with van der Waals surface area (Å²) in [6.07, 6.45) is 4.12. The van der Waals surface area contributed by atoms with Gasteiger partial charge in [-0.3, -0.25) is 4.68 Å². The number of nitrogens with zero attached hydrogens (tertiary/aromatic N) is 4. The molecular formula is C26H36N4O4. The first-order valence-corrected chi connectivity index (χ1v) is 12.2. The number of carbonyl (C=O) groups is 2. The van der Waals surface area contributed by atoms with Crippen LogP contribution in [-0.4, -0.2) is 64.9 Å². The fourth-order valence-corrected chi connectivity index (χ4v) is 5.16. The molecular weight excluding hydrogens is 432 g/mol. The lowest BCUT2D eigenvalue weighted by atomic mass is 9.88. The van der Waals surface area contributed by atoms with Gasteiger partial charge in [-0.2, -0.15) is 5.10 Å². The average molecular weight is 469 g/mol. The molecule has 1 aromatic heterocycles. The van der Waals surface area contributed by atoms with Crippen molar-refractivity contribution in [2.24, 2.45) is 0 Å². The lowest BCUT2D eigenvalue weighted by molar-refractivity contribution is -0.114. The molecule has 8 heteroatoms. The molecule has 1 atom stereocenters. The normalized spacial score (nSPS) is 20.9. The number of anilines is 1. The van der Waals surface area contributed by atoms with Crippen LogP contribution in [0.15, 0.2) is 36.4 Å². The lowest BCUT2D eigenvalue weighted by Crippen LogP contribution is -2.52. The molecule has 2 aromatic rings. The number of hydrogen-bond donors (Lipinski definition) is 0. The summed E-state index contributed by atoms with van der Waals surface area (Å²) >= 11 is 0. The van der Waals surface area contributed by atoms with Crippen molar-refractivity contribution in [1.82, 2.24) is 14.7 Å². The van der Waals surface area contributed by atoms with Crippen molar-refractivity contribution in [1.29, 1.82) is 0 Å². The highest BCUT2D eigenvalue weighted by molar-refractivity contribution is 5.67. The third-order valence-electron chi connectivity index (χ3n) is 6.99. The van der Waals surface area contributed by atoms with Gasteiger partial charge in [-0.1, -0.05) is 30.3 Å². The smallest absolute Gasteiger partial charge is 0.410 e. The quantitative estimate of drug-likeness (QED) is 0.569. The highest BCUT2D eigenvalue weighted by Gasteiger charge is 2.37. The van der Waals surface area contributed by atoms with Crippen LogP contribution in [0, 0.1) is 6.92 Å². The highest BCUT2D eigenvalue weighted by Crippen LogP contribution is 2.35. The van der Waals surface area contributed by atoms with Crippen LogP contribution >= 0.6 is 0 Å². The second kappa shape index (κ2) is 10.6. The standard InChI is InChI=1S/C26H36N4O4/c1-20-17-24(29-14-11-23(33-16-15-31)18-26(29,2)3)27-30(20)22-9-12-28(13-10-22)25(32)34-19-21-7-5-4-6-8-21/h4-8,15,17,22-23H,9-14,16,18-19H2,1-3H3/t23-/m1/s1. The van der Waals surface area contributed by atoms with Crippen molar-refractivity contribution in [3.05, 3.63) is 47.7 Å². The summed E-state index contributed by atoms with van der Waals surface area (Å²) in [5.74, 6) is 0.987. The molecule has 0 aliphatic carbocycles. The second-order valence-electron chi connectivity index (χ2n) is 9.93. The number of aromatic nitrogens is 2. The monoisotopic (exact) mass is 468 g/mol. The molecule has 0 unspecified atom stereocenters. The van der Waals surface area contributed by atoms with E-state index in [2.05, 4.69) is 36.4 Å². The lowest BCUT2D eigenvalue weighted by Gasteiger charge is -2.45. The van der Waals surface area contributed by atoms with E-state index in [1.165, 1.54) is 0 Å². The van der Waals surface area contributed by atoms with Gasteiger partial charge in [0, 0.05) is 36.9 Å². The molecule has 1 aromatic carbocycles. The van der Waals surface area contributed by atoms with E-state index in [-0.39, 0.29) is 30.4 Å². The largest absolute Gasteiger partial charge is 0.445 e. The zero-order chi connectivity index (χ0) is 24.1. The van der Waals surface area contributed by atoms with Crippen molar-refractivity contribution in [3.63, 3.8) is 0 Å². The maximum absolute atomic E-state index is 12.5. The number of benzene rings is 1. The van der Waals surface area contributed by atoms with Gasteiger partial charge < -0.3 is 24.1 Å². The van der Waals surface area contributed by atoms with Crippen LogP contribution in [0.3, 0.4) is 0 Å². The fraction of sp³-hybridized carbons (Fsp3) is 0.577. The van der Waals surface area contributed by atoms with Gasteiger partial charge in [0.15, 0.2) is 5.82 Å². The Hall–Kier alpha value is -2.87. The van der Waals surface area contributed by atoms with Gasteiger partial charge in [-0.25, -0.2) is 4.79 Å². The topological polar surface area (TPSA) is 76.9 Å². The molecule has 2 fully saturated rings. The van der Waals surface area contributed by atoms with Gasteiger partial charge in [0.05, 0.1) is 12.1 Å². The molecule has 2 aliphatic heterocycles. The number of likely N-dealkylation sites (tertiary alicyclic amines) is 1. The number of ether oxygens (including phenoxy) is 2. The third kappa shape index (κ3) is 5.60. The first kappa shape index (κ1) is 24.3. The number of carbonyl (C=O) groups excluding carboxylic acids is 2. The van der Waals surface area contributed by atoms with Crippen molar-refractivity contribution in [2.75, 3.05) is 31.1 Å². The summed E-state index contributed by atoms with van der Waals surface area (Å²) in [4.78, 5) is 27.3. The summed E-state index contributed by atoms with van der Waals surface area (Å²) in [5, 5.41) is 5.00. The van der Waals surface area contributed by atoms with E-state index in [1.807, 2.05) is 30.3 Å². The van der Waals surface area contributed by atoms with Crippen LogP contribution in [0.2, 0.25) is 0 Å². The van der Waals surface area contributed by atoms with Crippen LogP contribution in [0.5, 0.6) is 0 Å². The first-order chi connectivity index (χ1) is 16.4. The van der Waals surface area contributed by atoms with Gasteiger partial charge in [0.2, 0.25) is 0 Å². The van der Waals surface area contributed by atoms with E-state index in [4.69, 9.17) is 14.6 Å². The van der Waals surface area contributed by atoms with E-state index in [9.17, 15) is 9.59 Å². The molecule has 8 nitrogen and oxygen atoms in total. The highest BCUT2D eigenvalue weighted by atomic mass is 16.6. The van der Waals surface area contributed by atoms with E-state index in [0.29, 0.717) is 19.7 Å². The Kier molecular flexibility index (Phi) is 7.56. The zero-order valence-corrected chi connectivity index (χ0v) is 20.5. The number of aryl methyl sites for hydroxylation is 1. The van der Waals surface area contributed by atoms with Crippen LogP contribution in [0.1, 0.15) is 56.8 Å². The van der Waals surface area contributed by atoms with Gasteiger partial charge in [-0.05, 0) is 52.0 Å². The van der Waals surface area contributed by atoms with E-state index in [1.54, 1.807) is 4.90 Å². The molecule has 0 spiro atoms. The van der Waals surface area contributed by atoms with Crippen LogP contribution in [0.4, 0.5) is 10.6 Å². The number of rotatable bonds is 7. The van der Waals surface area contributed by atoms with Gasteiger partial charge in [-0.15, -0.1) is 0 Å². The summed E-state index contributed by atoms with van der Waals surface area (Å²) < 4.78 is 13.3. The Morgan fingerprint density at radius 1 is 1.15 bits per heavy atom.